The molecule has 0 fully saturated rings. The number of aromatic amines is 1. The van der Waals surface area contributed by atoms with Gasteiger partial charge in [-0.25, -0.2) is 4.98 Å². The third-order valence-corrected chi connectivity index (χ3v) is 5.18. The van der Waals surface area contributed by atoms with Crippen molar-refractivity contribution in [2.75, 3.05) is 5.32 Å². The summed E-state index contributed by atoms with van der Waals surface area (Å²) in [7, 11) is 0. The van der Waals surface area contributed by atoms with Crippen LogP contribution in [-0.4, -0.2) is 20.3 Å². The fourth-order valence-corrected chi connectivity index (χ4v) is 3.74. The van der Waals surface area contributed by atoms with E-state index >= 15 is 0 Å². The smallest absolute Gasteiger partial charge is 0.228 e. The molecule has 0 atom stereocenters. The lowest BCUT2D eigenvalue weighted by Crippen LogP contribution is -2.14. The van der Waals surface area contributed by atoms with Crippen LogP contribution in [0.4, 0.5) is 5.69 Å². The van der Waals surface area contributed by atoms with E-state index in [-0.39, 0.29) is 5.91 Å². The van der Waals surface area contributed by atoms with Gasteiger partial charge in [-0.15, -0.1) is 0 Å². The van der Waals surface area contributed by atoms with Crippen LogP contribution in [0.2, 0.25) is 0 Å². The molecule has 2 aromatic carbocycles. The van der Waals surface area contributed by atoms with Gasteiger partial charge in [0.15, 0.2) is 0 Å². The molecule has 0 aliphatic heterocycles. The Morgan fingerprint density at radius 3 is 2.79 bits per heavy atom. The van der Waals surface area contributed by atoms with Crippen molar-refractivity contribution in [3.63, 3.8) is 0 Å². The molecule has 0 bridgehead atoms. The first-order chi connectivity index (χ1) is 14.2. The number of carbonyl (C=O) groups excluding carboxylic acids is 1. The number of pyridine rings is 1. The van der Waals surface area contributed by atoms with Gasteiger partial charge < -0.3 is 14.7 Å². The van der Waals surface area contributed by atoms with Crippen LogP contribution in [0.3, 0.4) is 0 Å². The predicted octanol–water partition coefficient (Wildman–Crippen LogP) is 4.97. The molecule has 5 heteroatoms. The van der Waals surface area contributed by atoms with E-state index in [0.29, 0.717) is 6.42 Å². The first kappa shape index (κ1) is 17.3. The quantitative estimate of drug-likeness (QED) is 0.462. The van der Waals surface area contributed by atoms with Crippen molar-refractivity contribution >= 4 is 28.1 Å². The van der Waals surface area contributed by atoms with Crippen molar-refractivity contribution in [2.24, 2.45) is 0 Å². The van der Waals surface area contributed by atoms with E-state index in [9.17, 15) is 4.79 Å². The molecule has 0 aliphatic carbocycles. The molecule has 29 heavy (non-hydrogen) atoms. The zero-order valence-electron chi connectivity index (χ0n) is 16.0. The van der Waals surface area contributed by atoms with E-state index in [1.54, 1.807) is 0 Å². The van der Waals surface area contributed by atoms with Gasteiger partial charge >= 0.3 is 0 Å². The molecule has 142 valence electrons. The van der Waals surface area contributed by atoms with Crippen LogP contribution in [0.1, 0.15) is 11.1 Å². The number of benzene rings is 2. The Kier molecular flexibility index (Phi) is 4.13. The maximum Gasteiger partial charge on any atom is 0.228 e. The number of nitrogens with one attached hydrogen (secondary N) is 2. The Morgan fingerprint density at radius 2 is 1.90 bits per heavy atom. The Hall–Kier alpha value is -3.86. The highest BCUT2D eigenvalue weighted by Crippen LogP contribution is 2.28. The van der Waals surface area contributed by atoms with Crippen LogP contribution in [0.5, 0.6) is 0 Å². The zero-order chi connectivity index (χ0) is 19.8. The Morgan fingerprint density at radius 1 is 1.07 bits per heavy atom. The number of rotatable bonds is 4. The summed E-state index contributed by atoms with van der Waals surface area (Å²) in [6.07, 6.45) is 6.19. The molecule has 2 N–H and O–H groups in total. The average molecular weight is 380 g/mol. The summed E-state index contributed by atoms with van der Waals surface area (Å²) in [6, 6.07) is 19.8. The van der Waals surface area contributed by atoms with Crippen LogP contribution in [-0.2, 0) is 11.2 Å². The summed E-state index contributed by atoms with van der Waals surface area (Å²) in [4.78, 5) is 20.8. The fraction of sp³-hybridized carbons (Fsp3) is 0.0833. The van der Waals surface area contributed by atoms with Crippen molar-refractivity contribution in [3.8, 4) is 11.3 Å². The lowest BCUT2D eigenvalue weighted by Gasteiger charge is -2.09. The van der Waals surface area contributed by atoms with Crippen LogP contribution in [0, 0.1) is 6.92 Å². The Labute approximate surface area is 168 Å². The van der Waals surface area contributed by atoms with Crippen LogP contribution in [0.25, 0.3) is 27.8 Å². The number of hydrogen-bond donors (Lipinski definition) is 2. The van der Waals surface area contributed by atoms with Gasteiger partial charge in [0.1, 0.15) is 5.65 Å². The molecule has 0 aliphatic rings. The summed E-state index contributed by atoms with van der Waals surface area (Å²) in [6.45, 7) is 2.04. The van der Waals surface area contributed by atoms with Crippen LogP contribution in [0.15, 0.2) is 79.3 Å². The Bertz CT molecular complexity index is 1350. The highest BCUT2D eigenvalue weighted by atomic mass is 16.1. The minimum absolute atomic E-state index is 0.0536. The van der Waals surface area contributed by atoms with Crippen molar-refractivity contribution in [1.82, 2.24) is 14.4 Å². The molecule has 5 rings (SSSR count). The maximum absolute atomic E-state index is 12.8. The molecule has 5 aromatic rings. The number of imidazole rings is 1. The van der Waals surface area contributed by atoms with Gasteiger partial charge in [-0.05, 0) is 36.2 Å². The standard InChI is InChI=1S/C24H20N4O/c1-16-7-6-12-28-15-22(27-24(16)28)19-9-3-5-11-21(19)26-23(29)13-17-14-25-20-10-4-2-8-18(17)20/h2-12,14-15,25H,13H2,1H3,(H,26,29). The van der Waals surface area contributed by atoms with Gasteiger partial charge in [0.2, 0.25) is 5.91 Å². The van der Waals surface area contributed by atoms with Gasteiger partial charge in [0.05, 0.1) is 17.8 Å². The molecule has 0 saturated heterocycles. The molecule has 0 unspecified atom stereocenters. The SMILES string of the molecule is Cc1cccn2cc(-c3ccccc3NC(=O)Cc3c[nH]c4ccccc34)nc12. The Balaban J connectivity index is 1.44. The lowest BCUT2D eigenvalue weighted by molar-refractivity contribution is -0.115. The molecular weight excluding hydrogens is 360 g/mol. The van der Waals surface area contributed by atoms with Crippen LogP contribution >= 0.6 is 0 Å². The van der Waals surface area contributed by atoms with Crippen molar-refractivity contribution in [2.45, 2.75) is 13.3 Å². The number of para-hydroxylation sites is 2. The van der Waals surface area contributed by atoms with Gasteiger partial charge in [-0.3, -0.25) is 4.79 Å². The maximum atomic E-state index is 12.8. The largest absolute Gasteiger partial charge is 0.361 e. The van der Waals surface area contributed by atoms with Crippen molar-refractivity contribution < 1.29 is 4.79 Å². The summed E-state index contributed by atoms with van der Waals surface area (Å²) in [5.41, 5.74) is 6.56. The van der Waals surface area contributed by atoms with E-state index in [2.05, 4.69) is 10.3 Å². The molecular formula is C24H20N4O. The minimum atomic E-state index is -0.0536. The number of amides is 1. The molecule has 0 saturated carbocycles. The van der Waals surface area contributed by atoms with Crippen molar-refractivity contribution in [3.05, 3.63) is 90.4 Å². The van der Waals surface area contributed by atoms with Gasteiger partial charge in [0.25, 0.3) is 0 Å². The van der Waals surface area contributed by atoms with Crippen molar-refractivity contribution in [1.29, 1.82) is 0 Å². The van der Waals surface area contributed by atoms with E-state index < -0.39 is 0 Å². The molecule has 0 spiro atoms. The molecule has 3 aromatic heterocycles. The number of aromatic nitrogens is 3. The number of hydrogen-bond acceptors (Lipinski definition) is 2. The number of H-pyrrole nitrogens is 1. The first-order valence-corrected chi connectivity index (χ1v) is 9.57. The van der Waals surface area contributed by atoms with Gasteiger partial charge in [-0.2, -0.15) is 0 Å². The van der Waals surface area contributed by atoms with Crippen LogP contribution < -0.4 is 5.32 Å². The summed E-state index contributed by atoms with van der Waals surface area (Å²) in [5.74, 6) is -0.0536. The minimum Gasteiger partial charge on any atom is -0.361 e. The molecule has 1 amide bonds. The highest BCUT2D eigenvalue weighted by molar-refractivity contribution is 5.98. The number of fused-ring (bicyclic) bond motifs is 2. The second-order valence-electron chi connectivity index (χ2n) is 7.18. The highest BCUT2D eigenvalue weighted by Gasteiger charge is 2.14. The topological polar surface area (TPSA) is 62.2 Å². The van der Waals surface area contributed by atoms with E-state index in [0.717, 1.165) is 44.6 Å². The second kappa shape index (κ2) is 6.95. The second-order valence-corrected chi connectivity index (χ2v) is 7.18. The van der Waals surface area contributed by atoms with Gasteiger partial charge in [-0.1, -0.05) is 42.5 Å². The van der Waals surface area contributed by atoms with E-state index in [4.69, 9.17) is 4.98 Å². The normalized spacial score (nSPS) is 11.2. The predicted molar refractivity (Wildman–Crippen MR) is 116 cm³/mol. The number of aryl methyl sites for hydroxylation is 1. The summed E-state index contributed by atoms with van der Waals surface area (Å²) >= 11 is 0. The third kappa shape index (κ3) is 3.17. The van der Waals surface area contributed by atoms with Gasteiger partial charge in [0, 0.05) is 35.1 Å². The fourth-order valence-electron chi connectivity index (χ4n) is 3.74. The first-order valence-electron chi connectivity index (χ1n) is 9.57. The van der Waals surface area contributed by atoms with E-state index in [1.165, 1.54) is 0 Å². The number of anilines is 1. The number of carbonyl (C=O) groups is 1. The molecule has 5 nitrogen and oxygen atoms in total. The average Bonchev–Trinajstić information content (AvgIpc) is 3.34. The lowest BCUT2D eigenvalue weighted by atomic mass is 10.1. The summed E-state index contributed by atoms with van der Waals surface area (Å²) in [5, 5.41) is 4.14. The third-order valence-electron chi connectivity index (χ3n) is 5.18. The molecule has 0 radical (unpaired) electrons. The monoisotopic (exact) mass is 380 g/mol. The summed E-state index contributed by atoms with van der Waals surface area (Å²) < 4.78 is 2.01. The van der Waals surface area contributed by atoms with E-state index in [1.807, 2.05) is 90.6 Å². The zero-order valence-corrected chi connectivity index (χ0v) is 16.0. The number of nitrogens with zero attached hydrogens (tertiary/aromatic N) is 2. The molecule has 3 heterocycles.